The van der Waals surface area contributed by atoms with Crippen LogP contribution in [0.4, 0.5) is 0 Å². The Balaban J connectivity index is 3.15. The maximum absolute atomic E-state index is 10.7. The third-order valence-corrected chi connectivity index (χ3v) is 1.71. The lowest BCUT2D eigenvalue weighted by Crippen LogP contribution is -1.87. The van der Waals surface area contributed by atoms with Crippen LogP contribution in [0.15, 0.2) is 15.2 Å². The van der Waals surface area contributed by atoms with Crippen LogP contribution >= 0.6 is 27.5 Å². The third-order valence-electron chi connectivity index (χ3n) is 1.04. The maximum Gasteiger partial charge on any atom is 0.205 e. The molecule has 1 aromatic rings. The fourth-order valence-electron chi connectivity index (χ4n) is 0.580. The topological polar surface area (TPSA) is 30.2 Å². The Kier molecular flexibility index (Phi) is 2.16. The largest absolute Gasteiger partial charge is 0.437 e. The molecule has 0 atom stereocenters. The zero-order chi connectivity index (χ0) is 7.72. The van der Waals surface area contributed by atoms with Crippen molar-refractivity contribution in [1.82, 2.24) is 0 Å². The summed E-state index contributed by atoms with van der Waals surface area (Å²) in [6.07, 6.45) is 0. The molecule has 0 aromatic carbocycles. The Hall–Kier alpha value is -0.280. The minimum absolute atomic E-state index is 0.0977. The van der Waals surface area contributed by atoms with E-state index < -0.39 is 0 Å². The quantitative estimate of drug-likeness (QED) is 0.685. The SMILES string of the molecule is CC(=O)c1cc(Br)oc1Cl. The van der Waals surface area contributed by atoms with Crippen molar-refractivity contribution in [1.29, 1.82) is 0 Å². The van der Waals surface area contributed by atoms with Crippen LogP contribution in [-0.2, 0) is 0 Å². The number of carbonyl (C=O) groups excluding carboxylic acids is 1. The molecule has 0 amide bonds. The van der Waals surface area contributed by atoms with Crippen LogP contribution < -0.4 is 0 Å². The molecular formula is C6H4BrClO2. The minimum atomic E-state index is -0.0977. The van der Waals surface area contributed by atoms with Crippen LogP contribution in [0.1, 0.15) is 17.3 Å². The number of hydrogen-bond acceptors (Lipinski definition) is 2. The molecule has 0 aliphatic heterocycles. The van der Waals surface area contributed by atoms with Crippen LogP contribution in [0, 0.1) is 0 Å². The summed E-state index contributed by atoms with van der Waals surface area (Å²) in [6.45, 7) is 1.43. The van der Waals surface area contributed by atoms with Crippen molar-refractivity contribution in [2.45, 2.75) is 6.92 Å². The molecule has 1 aromatic heterocycles. The van der Waals surface area contributed by atoms with Crippen molar-refractivity contribution in [3.63, 3.8) is 0 Å². The van der Waals surface area contributed by atoms with E-state index in [0.717, 1.165) is 0 Å². The maximum atomic E-state index is 10.7. The molecule has 1 heterocycles. The predicted octanol–water partition coefficient (Wildman–Crippen LogP) is 2.90. The first-order chi connectivity index (χ1) is 4.61. The summed E-state index contributed by atoms with van der Waals surface area (Å²) >= 11 is 8.57. The Morgan fingerprint density at radius 1 is 1.80 bits per heavy atom. The summed E-state index contributed by atoms with van der Waals surface area (Å²) in [5.41, 5.74) is 0.411. The zero-order valence-corrected chi connectivity index (χ0v) is 7.49. The van der Waals surface area contributed by atoms with E-state index in [-0.39, 0.29) is 11.0 Å². The molecule has 2 nitrogen and oxygen atoms in total. The summed E-state index contributed by atoms with van der Waals surface area (Å²) in [4.78, 5) is 10.7. The molecule has 0 spiro atoms. The Morgan fingerprint density at radius 3 is 2.60 bits per heavy atom. The molecule has 54 valence electrons. The molecule has 0 fully saturated rings. The van der Waals surface area contributed by atoms with Gasteiger partial charge in [-0.15, -0.1) is 0 Å². The van der Waals surface area contributed by atoms with Crippen LogP contribution in [0.5, 0.6) is 0 Å². The highest BCUT2D eigenvalue weighted by Crippen LogP contribution is 2.24. The van der Waals surface area contributed by atoms with Crippen molar-refractivity contribution in [3.8, 4) is 0 Å². The Morgan fingerprint density at radius 2 is 2.40 bits per heavy atom. The van der Waals surface area contributed by atoms with Gasteiger partial charge in [0.15, 0.2) is 10.5 Å². The van der Waals surface area contributed by atoms with E-state index in [1.54, 1.807) is 6.07 Å². The van der Waals surface area contributed by atoms with Crippen LogP contribution in [0.25, 0.3) is 0 Å². The summed E-state index contributed by atoms with van der Waals surface area (Å²) in [7, 11) is 0. The van der Waals surface area contributed by atoms with Gasteiger partial charge in [-0.1, -0.05) is 0 Å². The molecular weight excluding hydrogens is 219 g/mol. The standard InChI is InChI=1S/C6H4BrClO2/c1-3(9)4-2-5(7)10-6(4)8/h2H,1H3. The van der Waals surface area contributed by atoms with Crippen LogP contribution in [-0.4, -0.2) is 5.78 Å². The van der Waals surface area contributed by atoms with Gasteiger partial charge in [-0.25, -0.2) is 0 Å². The highest BCUT2D eigenvalue weighted by molar-refractivity contribution is 9.10. The second-order valence-corrected chi connectivity index (χ2v) is 2.92. The van der Waals surface area contributed by atoms with Gasteiger partial charge < -0.3 is 4.42 Å². The minimum Gasteiger partial charge on any atom is -0.437 e. The first-order valence-corrected chi connectivity index (χ1v) is 3.74. The molecule has 0 aliphatic carbocycles. The Labute approximate surface area is 71.3 Å². The molecule has 0 aliphatic rings. The predicted molar refractivity (Wildman–Crippen MR) is 41.4 cm³/mol. The van der Waals surface area contributed by atoms with Crippen LogP contribution in [0.3, 0.4) is 0 Å². The third kappa shape index (κ3) is 1.41. The number of halogens is 2. The van der Waals surface area contributed by atoms with Gasteiger partial charge in [0, 0.05) is 6.07 Å². The lowest BCUT2D eigenvalue weighted by molar-refractivity contribution is 0.101. The van der Waals surface area contributed by atoms with Crippen molar-refractivity contribution < 1.29 is 9.21 Å². The molecule has 1 rings (SSSR count). The number of furan rings is 1. The number of rotatable bonds is 1. The summed E-state index contributed by atoms with van der Waals surface area (Å²) in [5, 5.41) is 0.138. The fraction of sp³-hybridized carbons (Fsp3) is 0.167. The average molecular weight is 223 g/mol. The van der Waals surface area contributed by atoms with E-state index in [2.05, 4.69) is 15.9 Å². The summed E-state index contributed by atoms with van der Waals surface area (Å²) in [5.74, 6) is -0.0977. The van der Waals surface area contributed by atoms with E-state index in [9.17, 15) is 4.79 Å². The number of Topliss-reactive ketones (excluding diaryl/α,β-unsaturated/α-hetero) is 1. The van der Waals surface area contributed by atoms with Gasteiger partial charge in [0.25, 0.3) is 0 Å². The molecule has 0 radical (unpaired) electrons. The van der Waals surface area contributed by atoms with Gasteiger partial charge in [0.05, 0.1) is 5.56 Å². The molecule has 0 saturated heterocycles. The van der Waals surface area contributed by atoms with Crippen LogP contribution in [0.2, 0.25) is 5.22 Å². The van der Waals surface area contributed by atoms with E-state index >= 15 is 0 Å². The molecule has 0 unspecified atom stereocenters. The molecule has 0 bridgehead atoms. The van der Waals surface area contributed by atoms with Gasteiger partial charge in [0.2, 0.25) is 5.22 Å². The van der Waals surface area contributed by atoms with E-state index in [1.807, 2.05) is 0 Å². The van der Waals surface area contributed by atoms with Gasteiger partial charge in [-0.3, -0.25) is 4.79 Å². The molecule has 10 heavy (non-hydrogen) atoms. The highest BCUT2D eigenvalue weighted by atomic mass is 79.9. The zero-order valence-electron chi connectivity index (χ0n) is 5.15. The van der Waals surface area contributed by atoms with Crippen molar-refractivity contribution in [3.05, 3.63) is 21.5 Å². The Bertz CT molecular complexity index is 267. The normalized spacial score (nSPS) is 9.90. The smallest absolute Gasteiger partial charge is 0.205 e. The van der Waals surface area contributed by atoms with Gasteiger partial charge in [-0.05, 0) is 34.5 Å². The monoisotopic (exact) mass is 222 g/mol. The second kappa shape index (κ2) is 2.76. The van der Waals surface area contributed by atoms with E-state index in [0.29, 0.717) is 10.2 Å². The molecule has 0 N–H and O–H groups in total. The fourth-order valence-corrected chi connectivity index (χ4v) is 1.34. The summed E-state index contributed by atoms with van der Waals surface area (Å²) < 4.78 is 5.31. The molecule has 0 saturated carbocycles. The van der Waals surface area contributed by atoms with Crippen molar-refractivity contribution in [2.24, 2.45) is 0 Å². The van der Waals surface area contributed by atoms with Gasteiger partial charge in [0.1, 0.15) is 0 Å². The number of ketones is 1. The first-order valence-electron chi connectivity index (χ1n) is 2.57. The average Bonchev–Trinajstić information content (AvgIpc) is 2.10. The highest BCUT2D eigenvalue weighted by Gasteiger charge is 2.10. The van der Waals surface area contributed by atoms with E-state index in [4.69, 9.17) is 16.0 Å². The van der Waals surface area contributed by atoms with Crippen molar-refractivity contribution in [2.75, 3.05) is 0 Å². The summed E-state index contributed by atoms with van der Waals surface area (Å²) in [6, 6.07) is 1.55. The number of carbonyl (C=O) groups is 1. The molecule has 4 heteroatoms. The van der Waals surface area contributed by atoms with E-state index in [1.165, 1.54) is 6.92 Å². The first kappa shape index (κ1) is 7.82. The van der Waals surface area contributed by atoms with Gasteiger partial charge in [-0.2, -0.15) is 0 Å². The van der Waals surface area contributed by atoms with Gasteiger partial charge >= 0.3 is 0 Å². The lowest BCUT2D eigenvalue weighted by atomic mass is 10.2. The second-order valence-electron chi connectivity index (χ2n) is 1.79. The van der Waals surface area contributed by atoms with Crippen molar-refractivity contribution >= 4 is 33.3 Å². The number of hydrogen-bond donors (Lipinski definition) is 0. The lowest BCUT2D eigenvalue weighted by Gasteiger charge is -1.83.